The fourth-order valence-electron chi connectivity index (χ4n) is 6.14. The minimum Gasteiger partial charge on any atom is -0.489 e. The Kier molecular flexibility index (Phi) is 5.63. The zero-order chi connectivity index (χ0) is 16.3. The van der Waals surface area contributed by atoms with Crippen LogP contribution in [0.2, 0.25) is 39.3 Å². The first-order valence-corrected chi connectivity index (χ1v) is 19.6. The maximum Gasteiger partial charge on any atom is 1.00 e. The van der Waals surface area contributed by atoms with Crippen LogP contribution in [-0.2, 0) is 4.74 Å². The summed E-state index contributed by atoms with van der Waals surface area (Å²) in [7, 11) is -3.84. The number of hydrogen-bond acceptors (Lipinski definition) is 2. The van der Waals surface area contributed by atoms with Crippen LogP contribution in [0.15, 0.2) is 0 Å². The van der Waals surface area contributed by atoms with Gasteiger partial charge in [0, 0.05) is 0 Å². The fraction of sp³-hybridized carbons (Fsp3) is 0.941. The molecule has 23 heavy (non-hydrogen) atoms. The molecule has 0 aromatic heterocycles. The number of carbonyl (C=O) groups is 1. The van der Waals surface area contributed by atoms with E-state index < -0.39 is 23.0 Å². The van der Waals surface area contributed by atoms with Gasteiger partial charge in [-0.3, -0.25) is 4.79 Å². The molecule has 2 nitrogen and oxygen atoms in total. The van der Waals surface area contributed by atoms with E-state index in [9.17, 15) is 4.79 Å². The van der Waals surface area contributed by atoms with Gasteiger partial charge in [0.05, 0.1) is 0 Å². The van der Waals surface area contributed by atoms with Gasteiger partial charge < -0.3 is 4.74 Å². The van der Waals surface area contributed by atoms with Gasteiger partial charge in [-0.05, 0) is 56.3 Å². The molecular weight excluding hydrogens is 327 g/mol. The second-order valence-electron chi connectivity index (χ2n) is 10.4. The van der Waals surface area contributed by atoms with Crippen molar-refractivity contribution in [3.63, 3.8) is 0 Å². The summed E-state index contributed by atoms with van der Waals surface area (Å²) in [6, 6.07) is 0. The predicted molar refractivity (Wildman–Crippen MR) is 99.8 cm³/mol. The summed E-state index contributed by atoms with van der Waals surface area (Å²) in [6.07, 6.45) is 7.77. The topological polar surface area (TPSA) is 26.3 Å². The first-order chi connectivity index (χ1) is 9.98. The normalized spacial score (nSPS) is 35.7. The molecule has 4 bridgehead atoms. The monoisotopic (exact) mass is 360 g/mol. The Hall–Kier alpha value is 0.718. The van der Waals surface area contributed by atoms with Crippen molar-refractivity contribution >= 4 is 28.6 Å². The molecule has 0 aromatic rings. The van der Waals surface area contributed by atoms with Crippen LogP contribution >= 0.6 is 0 Å². The molecule has 0 unspecified atom stereocenters. The smallest absolute Gasteiger partial charge is 0.489 e. The van der Waals surface area contributed by atoms with E-state index in [1.807, 2.05) is 0 Å². The van der Waals surface area contributed by atoms with Crippen LogP contribution < -0.4 is 18.9 Å². The third-order valence-corrected chi connectivity index (χ3v) is 33.2. The molecule has 4 rings (SSSR count). The molecule has 126 valence electrons. The van der Waals surface area contributed by atoms with Gasteiger partial charge in [-0.2, -0.15) is 7.83 Å². The van der Waals surface area contributed by atoms with Crippen molar-refractivity contribution in [3.8, 4) is 0 Å². The van der Waals surface area contributed by atoms with E-state index in [-0.39, 0.29) is 30.1 Å². The summed E-state index contributed by atoms with van der Waals surface area (Å²) in [5.74, 6) is 2.57. The van der Waals surface area contributed by atoms with Gasteiger partial charge in [0.1, 0.15) is 11.2 Å². The van der Waals surface area contributed by atoms with Gasteiger partial charge in [-0.1, -0.05) is 54.5 Å². The van der Waals surface area contributed by atoms with E-state index in [4.69, 9.17) is 4.74 Å². The summed E-state index contributed by atoms with van der Waals surface area (Å²) >= 11 is 0. The summed E-state index contributed by atoms with van der Waals surface area (Å²) in [4.78, 5) is 13.2. The fourth-order valence-corrected chi connectivity index (χ4v) is 40.9. The molecular formula is C17H33LiO2Si3. The average molecular weight is 361 g/mol. The maximum absolute atomic E-state index is 13.2. The zero-order valence-corrected chi connectivity index (χ0v) is 19.3. The van der Waals surface area contributed by atoms with Crippen LogP contribution in [0.4, 0.5) is 4.79 Å². The van der Waals surface area contributed by atoms with Crippen LogP contribution in [0.1, 0.15) is 38.5 Å². The van der Waals surface area contributed by atoms with E-state index in [1.54, 1.807) is 0 Å². The van der Waals surface area contributed by atoms with E-state index in [0.717, 1.165) is 17.8 Å². The van der Waals surface area contributed by atoms with Gasteiger partial charge in [0.25, 0.3) is 0 Å². The standard InChI is InChI=1S/C17H33O2Si3.Li/c1-21(2,3)20(22(4,5)6)16(18)19-17-10-13-7-14(11-17)9-15(8-13)12-17;/h13-15H,7-12H2,1-6H3;/q-1;+1. The van der Waals surface area contributed by atoms with Crippen LogP contribution in [0.5, 0.6) is 0 Å². The largest absolute Gasteiger partial charge is 1.00 e. The minimum absolute atomic E-state index is 0. The van der Waals surface area contributed by atoms with Gasteiger partial charge in [0.2, 0.25) is 0 Å². The van der Waals surface area contributed by atoms with E-state index in [0.29, 0.717) is 0 Å². The van der Waals surface area contributed by atoms with Gasteiger partial charge >= 0.3 is 18.9 Å². The molecule has 0 aromatic carbocycles. The quantitative estimate of drug-likeness (QED) is 0.717. The summed E-state index contributed by atoms with van der Waals surface area (Å²) in [5.41, 5.74) is 0.242. The van der Waals surface area contributed by atoms with Gasteiger partial charge in [-0.15, -0.1) is 0 Å². The Labute approximate surface area is 157 Å². The van der Waals surface area contributed by atoms with E-state index in [1.165, 1.54) is 38.5 Å². The molecule has 0 N–H and O–H groups in total. The van der Waals surface area contributed by atoms with Crippen LogP contribution in [0.3, 0.4) is 0 Å². The Balaban J connectivity index is 0.00000192. The van der Waals surface area contributed by atoms with Crippen molar-refractivity contribution in [2.75, 3.05) is 0 Å². The number of carbonyl (C=O) groups excluding carboxylic acids is 1. The first-order valence-electron chi connectivity index (χ1n) is 9.10. The molecule has 4 fully saturated rings. The van der Waals surface area contributed by atoms with Crippen molar-refractivity contribution in [2.45, 2.75) is 83.4 Å². The van der Waals surface area contributed by atoms with E-state index in [2.05, 4.69) is 39.3 Å². The second kappa shape index (κ2) is 6.46. The third kappa shape index (κ3) is 4.11. The van der Waals surface area contributed by atoms with Crippen LogP contribution in [0, 0.1) is 17.8 Å². The van der Waals surface area contributed by atoms with Crippen LogP contribution in [0.25, 0.3) is 0 Å². The zero-order valence-electron chi connectivity index (χ0n) is 16.3. The Bertz CT molecular complexity index is 418. The van der Waals surface area contributed by atoms with Gasteiger partial charge in [-0.25, -0.2) is 0 Å². The molecule has 0 heterocycles. The molecule has 0 spiro atoms. The molecule has 4 aliphatic carbocycles. The van der Waals surface area contributed by atoms with E-state index >= 15 is 0 Å². The number of rotatable bonds is 4. The molecule has 0 amide bonds. The van der Waals surface area contributed by atoms with Gasteiger partial charge in [0.15, 0.2) is 0 Å². The molecule has 0 atom stereocenters. The predicted octanol–water partition coefficient (Wildman–Crippen LogP) is 2.01. The van der Waals surface area contributed by atoms with Crippen molar-refractivity contribution < 1.29 is 28.4 Å². The number of hydrogen-bond donors (Lipinski definition) is 0. The van der Waals surface area contributed by atoms with Crippen molar-refractivity contribution in [1.29, 1.82) is 0 Å². The number of ether oxygens (including phenoxy) is 1. The maximum atomic E-state index is 13.2. The first kappa shape index (κ1) is 20.0. The molecule has 4 aliphatic rings. The Morgan fingerprint density at radius 1 is 0.870 bits per heavy atom. The SMILES string of the molecule is C[Si](C)(C)[Si-](C(=O)OC12CC3CC(CC(C3)C1)C2)[Si](C)(C)C.[Li+]. The molecule has 4 saturated carbocycles. The van der Waals surface area contributed by atoms with Crippen molar-refractivity contribution in [2.24, 2.45) is 17.8 Å². The van der Waals surface area contributed by atoms with Crippen molar-refractivity contribution in [1.82, 2.24) is 0 Å². The van der Waals surface area contributed by atoms with Crippen LogP contribution in [-0.4, -0.2) is 34.2 Å². The molecule has 0 aliphatic heterocycles. The Morgan fingerprint density at radius 3 is 1.52 bits per heavy atom. The summed E-state index contributed by atoms with van der Waals surface area (Å²) in [5, 5.41) is 0. The minimum atomic E-state index is -1.43. The third-order valence-electron chi connectivity index (χ3n) is 6.00. The molecule has 0 saturated heterocycles. The Morgan fingerprint density at radius 2 is 1.22 bits per heavy atom. The summed E-state index contributed by atoms with van der Waals surface area (Å²) < 4.78 is 6.44. The molecule has 0 radical (unpaired) electrons. The second-order valence-corrected chi connectivity index (χ2v) is 34.0. The van der Waals surface area contributed by atoms with Crippen molar-refractivity contribution in [3.05, 3.63) is 0 Å². The molecule has 6 heteroatoms. The summed E-state index contributed by atoms with van der Waals surface area (Å²) in [6.45, 7) is 14.3. The average Bonchev–Trinajstić information content (AvgIpc) is 2.20.